The molecule has 0 aliphatic carbocycles. The van der Waals surface area contributed by atoms with Crippen LogP contribution in [0.4, 0.5) is 0 Å². The summed E-state index contributed by atoms with van der Waals surface area (Å²) in [6, 6.07) is 0. The molecular formula is C11H24OSi. The van der Waals surface area contributed by atoms with Gasteiger partial charge in [0.05, 0.1) is 0 Å². The average molecular weight is 200 g/mol. The van der Waals surface area contributed by atoms with E-state index in [4.69, 9.17) is 0 Å². The summed E-state index contributed by atoms with van der Waals surface area (Å²) in [7, 11) is -1.74. The molecule has 0 aromatic heterocycles. The molecule has 0 fully saturated rings. The maximum Gasteiger partial charge on any atom is 0.140 e. The van der Waals surface area contributed by atoms with Gasteiger partial charge in [0.25, 0.3) is 0 Å². The van der Waals surface area contributed by atoms with Crippen molar-refractivity contribution < 1.29 is 4.79 Å². The quantitative estimate of drug-likeness (QED) is 0.631. The number of carbonyl (C=O) groups is 1. The molecule has 0 saturated carbocycles. The summed E-state index contributed by atoms with van der Waals surface area (Å²) in [6.45, 7) is 15.1. The zero-order valence-corrected chi connectivity index (χ0v) is 11.1. The lowest BCUT2D eigenvalue weighted by atomic mass is 10.5. The van der Waals surface area contributed by atoms with E-state index in [9.17, 15) is 4.79 Å². The van der Waals surface area contributed by atoms with Gasteiger partial charge in [0, 0.05) is 0 Å². The predicted molar refractivity (Wildman–Crippen MR) is 61.7 cm³/mol. The van der Waals surface area contributed by atoms with Crippen LogP contribution in [0.5, 0.6) is 0 Å². The van der Waals surface area contributed by atoms with Crippen molar-refractivity contribution in [1.82, 2.24) is 0 Å². The number of carbonyl (C=O) groups excluding carboxylic acids is 1. The standard InChI is InChI=1S/C11H24OSi/c1-8(2)13(9(3)4,10(5)6)11(7)12/h8-10H,1-7H3. The lowest BCUT2D eigenvalue weighted by Crippen LogP contribution is -2.51. The predicted octanol–water partition coefficient (Wildman–Crippen LogP) is 3.79. The van der Waals surface area contributed by atoms with Crippen LogP contribution in [-0.4, -0.2) is 13.5 Å². The topological polar surface area (TPSA) is 17.1 Å². The van der Waals surface area contributed by atoms with Crippen molar-refractivity contribution in [2.75, 3.05) is 0 Å². The summed E-state index contributed by atoms with van der Waals surface area (Å²) >= 11 is 0. The first-order valence-corrected chi connectivity index (χ1v) is 7.52. The first-order valence-electron chi connectivity index (χ1n) is 5.28. The van der Waals surface area contributed by atoms with Gasteiger partial charge in [-0.25, -0.2) is 0 Å². The Morgan fingerprint density at radius 1 is 0.846 bits per heavy atom. The van der Waals surface area contributed by atoms with E-state index in [1.807, 2.05) is 0 Å². The van der Waals surface area contributed by atoms with Crippen LogP contribution in [0.2, 0.25) is 16.6 Å². The summed E-state index contributed by atoms with van der Waals surface area (Å²) in [6.07, 6.45) is 0. The van der Waals surface area contributed by atoms with E-state index in [1.165, 1.54) is 0 Å². The van der Waals surface area contributed by atoms with Gasteiger partial charge in [0.15, 0.2) is 0 Å². The van der Waals surface area contributed by atoms with E-state index >= 15 is 0 Å². The van der Waals surface area contributed by atoms with Crippen LogP contribution in [0.25, 0.3) is 0 Å². The maximum atomic E-state index is 11.9. The second-order valence-corrected chi connectivity index (χ2v) is 11.0. The molecule has 0 amide bonds. The highest BCUT2D eigenvalue weighted by atomic mass is 28.3. The first kappa shape index (κ1) is 12.9. The molecule has 0 unspecified atom stereocenters. The molecule has 0 spiro atoms. The van der Waals surface area contributed by atoms with E-state index in [-0.39, 0.29) is 0 Å². The SMILES string of the molecule is CC(=O)[Si](C(C)C)(C(C)C)C(C)C. The van der Waals surface area contributed by atoms with E-state index in [0.29, 0.717) is 22.0 Å². The maximum absolute atomic E-state index is 11.9. The summed E-state index contributed by atoms with van der Waals surface area (Å²) < 4.78 is 0. The van der Waals surface area contributed by atoms with Gasteiger partial charge in [-0.05, 0) is 23.5 Å². The molecule has 0 heterocycles. The van der Waals surface area contributed by atoms with Crippen molar-refractivity contribution in [3.8, 4) is 0 Å². The smallest absolute Gasteiger partial charge is 0.140 e. The number of hydrogen-bond acceptors (Lipinski definition) is 1. The van der Waals surface area contributed by atoms with E-state index < -0.39 is 8.07 Å². The van der Waals surface area contributed by atoms with Gasteiger partial charge < -0.3 is 4.79 Å². The molecular weight excluding hydrogens is 176 g/mol. The molecule has 0 radical (unpaired) electrons. The first-order chi connectivity index (χ1) is 5.77. The lowest BCUT2D eigenvalue weighted by Gasteiger charge is -2.40. The second-order valence-electron chi connectivity index (χ2n) is 4.95. The fraction of sp³-hybridized carbons (Fsp3) is 0.909. The monoisotopic (exact) mass is 200 g/mol. The van der Waals surface area contributed by atoms with Crippen LogP contribution in [0.15, 0.2) is 0 Å². The Morgan fingerprint density at radius 2 is 1.08 bits per heavy atom. The summed E-state index contributed by atoms with van der Waals surface area (Å²) in [5.74, 6) is 0. The molecule has 0 saturated heterocycles. The normalized spacial score (nSPS) is 13.1. The third kappa shape index (κ3) is 2.04. The second kappa shape index (κ2) is 4.40. The van der Waals surface area contributed by atoms with Crippen molar-refractivity contribution in [1.29, 1.82) is 0 Å². The van der Waals surface area contributed by atoms with E-state index in [0.717, 1.165) is 0 Å². The van der Waals surface area contributed by atoms with Gasteiger partial charge in [0.2, 0.25) is 0 Å². The fourth-order valence-corrected chi connectivity index (χ4v) is 9.66. The highest BCUT2D eigenvalue weighted by Gasteiger charge is 2.47. The van der Waals surface area contributed by atoms with Crippen LogP contribution in [-0.2, 0) is 4.79 Å². The van der Waals surface area contributed by atoms with Crippen LogP contribution < -0.4 is 0 Å². The molecule has 1 nitrogen and oxygen atoms in total. The van der Waals surface area contributed by atoms with Crippen molar-refractivity contribution in [2.45, 2.75) is 65.1 Å². The van der Waals surface area contributed by atoms with Crippen molar-refractivity contribution >= 4 is 13.5 Å². The highest BCUT2D eigenvalue weighted by Crippen LogP contribution is 2.41. The van der Waals surface area contributed by atoms with Crippen molar-refractivity contribution in [3.05, 3.63) is 0 Å². The molecule has 2 heteroatoms. The van der Waals surface area contributed by atoms with Gasteiger partial charge in [-0.2, -0.15) is 0 Å². The zero-order chi connectivity index (χ0) is 10.8. The molecule has 0 rings (SSSR count). The Labute approximate surface area is 83.9 Å². The Kier molecular flexibility index (Phi) is 4.37. The van der Waals surface area contributed by atoms with E-state index in [2.05, 4.69) is 41.5 Å². The molecule has 0 aromatic rings. The number of rotatable bonds is 4. The fourth-order valence-electron chi connectivity index (χ4n) is 3.22. The molecule has 78 valence electrons. The zero-order valence-electron chi connectivity index (χ0n) is 10.1. The molecule has 0 aromatic carbocycles. The van der Waals surface area contributed by atoms with Gasteiger partial charge in [-0.3, -0.25) is 0 Å². The minimum absolute atomic E-state index is 0.479. The molecule has 13 heavy (non-hydrogen) atoms. The van der Waals surface area contributed by atoms with Gasteiger partial charge in [-0.15, -0.1) is 0 Å². The molecule has 0 atom stereocenters. The van der Waals surface area contributed by atoms with Gasteiger partial charge >= 0.3 is 0 Å². The third-order valence-corrected chi connectivity index (χ3v) is 10.4. The molecule has 0 aliphatic heterocycles. The van der Waals surface area contributed by atoms with Crippen LogP contribution in [0.3, 0.4) is 0 Å². The minimum atomic E-state index is -1.74. The highest BCUT2D eigenvalue weighted by molar-refractivity contribution is 7.08. The largest absolute Gasteiger partial charge is 0.306 e. The minimum Gasteiger partial charge on any atom is -0.306 e. The molecule has 0 N–H and O–H groups in total. The third-order valence-electron chi connectivity index (χ3n) is 3.48. The summed E-state index contributed by atoms with van der Waals surface area (Å²) in [4.78, 5) is 11.9. The Morgan fingerprint density at radius 3 is 1.08 bits per heavy atom. The Bertz CT molecular complexity index is 161. The summed E-state index contributed by atoms with van der Waals surface area (Å²) in [5.41, 5.74) is 1.68. The lowest BCUT2D eigenvalue weighted by molar-refractivity contribution is -0.111. The molecule has 0 bridgehead atoms. The van der Waals surface area contributed by atoms with Crippen molar-refractivity contribution in [3.63, 3.8) is 0 Å². The Balaban J connectivity index is 5.19. The van der Waals surface area contributed by atoms with Gasteiger partial charge in [0.1, 0.15) is 13.5 Å². The van der Waals surface area contributed by atoms with Crippen LogP contribution in [0.1, 0.15) is 48.5 Å². The number of hydrogen-bond donors (Lipinski definition) is 0. The summed E-state index contributed by atoms with van der Waals surface area (Å²) in [5, 5.41) is 0.479. The van der Waals surface area contributed by atoms with Crippen molar-refractivity contribution in [2.24, 2.45) is 0 Å². The van der Waals surface area contributed by atoms with Gasteiger partial charge in [-0.1, -0.05) is 41.5 Å². The van der Waals surface area contributed by atoms with Crippen LogP contribution >= 0.6 is 0 Å². The average Bonchev–Trinajstić information content (AvgIpc) is 1.82. The van der Waals surface area contributed by atoms with Crippen LogP contribution in [0, 0.1) is 0 Å². The Hall–Kier alpha value is -0.113. The van der Waals surface area contributed by atoms with E-state index in [1.54, 1.807) is 6.92 Å². The molecule has 0 aliphatic rings.